The number of nitrogens with one attached hydrogen (secondary N) is 2. The van der Waals surface area contributed by atoms with E-state index in [1.165, 1.54) is 22.2 Å². The van der Waals surface area contributed by atoms with Gasteiger partial charge in [-0.25, -0.2) is 4.98 Å². The third-order valence-electron chi connectivity index (χ3n) is 5.71. The standard InChI is InChI=1S/C21H24N6O3S2/c28-16(22-9-15-4-2-8-31-15)11-27-12-23-18-17(20(27)30)32-21(25-18)26-7-1-3-13(10-26)19(29)24-14-5-6-14/h2,4,8,12-14H,1,3,5-7,9-11H2,(H,22,28)(H,24,29). The van der Waals surface area contributed by atoms with Crippen molar-refractivity contribution >= 4 is 50.0 Å². The summed E-state index contributed by atoms with van der Waals surface area (Å²) in [6.07, 6.45) is 5.29. The quantitative estimate of drug-likeness (QED) is 0.542. The summed E-state index contributed by atoms with van der Waals surface area (Å²) >= 11 is 2.85. The Hall–Kier alpha value is -2.79. The van der Waals surface area contributed by atoms with E-state index in [4.69, 9.17) is 0 Å². The van der Waals surface area contributed by atoms with E-state index in [0.29, 0.717) is 34.6 Å². The smallest absolute Gasteiger partial charge is 0.273 e. The highest BCUT2D eigenvalue weighted by Gasteiger charge is 2.31. The second-order valence-corrected chi connectivity index (χ2v) is 10.3. The minimum Gasteiger partial charge on any atom is -0.353 e. The van der Waals surface area contributed by atoms with Crippen LogP contribution in [0, 0.1) is 5.92 Å². The van der Waals surface area contributed by atoms with Crippen molar-refractivity contribution in [3.8, 4) is 0 Å². The molecule has 1 saturated carbocycles. The summed E-state index contributed by atoms with van der Waals surface area (Å²) in [5.41, 5.74) is 0.111. The Bertz CT molecular complexity index is 1180. The second-order valence-electron chi connectivity index (χ2n) is 8.25. The first-order chi connectivity index (χ1) is 15.6. The monoisotopic (exact) mass is 472 g/mol. The van der Waals surface area contributed by atoms with E-state index >= 15 is 0 Å². The summed E-state index contributed by atoms with van der Waals surface area (Å²) in [7, 11) is 0. The number of thiazole rings is 1. The molecular formula is C21H24N6O3S2. The molecule has 0 spiro atoms. The van der Waals surface area contributed by atoms with Gasteiger partial charge in [-0.05, 0) is 37.1 Å². The lowest BCUT2D eigenvalue weighted by molar-refractivity contribution is -0.125. The maximum Gasteiger partial charge on any atom is 0.273 e. The van der Waals surface area contributed by atoms with Gasteiger partial charge < -0.3 is 15.5 Å². The molecule has 1 unspecified atom stereocenters. The van der Waals surface area contributed by atoms with Gasteiger partial charge in [0, 0.05) is 24.0 Å². The molecule has 9 nitrogen and oxygen atoms in total. The summed E-state index contributed by atoms with van der Waals surface area (Å²) in [4.78, 5) is 49.6. The van der Waals surface area contributed by atoms with Gasteiger partial charge in [0.15, 0.2) is 10.8 Å². The van der Waals surface area contributed by atoms with Crippen LogP contribution < -0.4 is 21.1 Å². The molecule has 2 amide bonds. The highest BCUT2D eigenvalue weighted by molar-refractivity contribution is 7.22. The molecule has 32 heavy (non-hydrogen) atoms. The average molecular weight is 473 g/mol. The minimum atomic E-state index is -0.273. The van der Waals surface area contributed by atoms with Crippen LogP contribution in [-0.2, 0) is 22.7 Å². The van der Waals surface area contributed by atoms with Gasteiger partial charge in [-0.3, -0.25) is 19.0 Å². The van der Waals surface area contributed by atoms with Crippen LogP contribution >= 0.6 is 22.7 Å². The predicted molar refractivity (Wildman–Crippen MR) is 124 cm³/mol. The summed E-state index contributed by atoms with van der Waals surface area (Å²) in [5.74, 6) is -0.188. The van der Waals surface area contributed by atoms with E-state index in [9.17, 15) is 14.4 Å². The first-order valence-electron chi connectivity index (χ1n) is 10.8. The third-order valence-corrected chi connectivity index (χ3v) is 7.68. The Kier molecular flexibility index (Phi) is 5.92. The van der Waals surface area contributed by atoms with Crippen molar-refractivity contribution in [2.24, 2.45) is 5.92 Å². The Labute approximate surface area is 192 Å². The van der Waals surface area contributed by atoms with Gasteiger partial charge in [-0.15, -0.1) is 11.3 Å². The number of hydrogen-bond acceptors (Lipinski definition) is 8. The lowest BCUT2D eigenvalue weighted by Gasteiger charge is -2.31. The van der Waals surface area contributed by atoms with Crippen molar-refractivity contribution in [1.29, 1.82) is 0 Å². The number of amides is 2. The Balaban J connectivity index is 1.27. The van der Waals surface area contributed by atoms with Crippen molar-refractivity contribution in [2.75, 3.05) is 18.0 Å². The number of carbonyl (C=O) groups excluding carboxylic acids is 2. The molecule has 2 aliphatic rings. The molecule has 0 aromatic carbocycles. The largest absolute Gasteiger partial charge is 0.353 e. The van der Waals surface area contributed by atoms with Crippen molar-refractivity contribution in [2.45, 2.75) is 44.8 Å². The van der Waals surface area contributed by atoms with Crippen LogP contribution in [0.2, 0.25) is 0 Å². The van der Waals surface area contributed by atoms with Crippen LogP contribution in [0.4, 0.5) is 5.13 Å². The zero-order valence-corrected chi connectivity index (χ0v) is 19.1. The van der Waals surface area contributed by atoms with E-state index < -0.39 is 0 Å². The molecule has 2 fully saturated rings. The number of anilines is 1. The molecule has 1 saturated heterocycles. The van der Waals surface area contributed by atoms with E-state index in [2.05, 4.69) is 25.5 Å². The van der Waals surface area contributed by atoms with Crippen LogP contribution in [0.25, 0.3) is 10.3 Å². The van der Waals surface area contributed by atoms with Crippen molar-refractivity contribution in [3.63, 3.8) is 0 Å². The fourth-order valence-corrected chi connectivity index (χ4v) is 5.45. The lowest BCUT2D eigenvalue weighted by Crippen LogP contribution is -2.43. The lowest BCUT2D eigenvalue weighted by atomic mass is 9.97. The van der Waals surface area contributed by atoms with E-state index in [0.717, 1.165) is 37.1 Å². The maximum atomic E-state index is 12.9. The zero-order chi connectivity index (χ0) is 22.1. The fourth-order valence-electron chi connectivity index (χ4n) is 3.80. The van der Waals surface area contributed by atoms with Crippen molar-refractivity contribution < 1.29 is 9.59 Å². The Morgan fingerprint density at radius 1 is 1.25 bits per heavy atom. The van der Waals surface area contributed by atoms with Crippen LogP contribution in [0.5, 0.6) is 0 Å². The summed E-state index contributed by atoms with van der Waals surface area (Å²) in [5, 5.41) is 8.57. The molecular weight excluding hydrogens is 448 g/mol. The first kappa shape index (κ1) is 21.1. The topological polar surface area (TPSA) is 109 Å². The number of thiophene rings is 1. The molecule has 1 aliphatic heterocycles. The van der Waals surface area contributed by atoms with Crippen LogP contribution in [0.15, 0.2) is 28.6 Å². The first-order valence-corrected chi connectivity index (χ1v) is 12.5. The van der Waals surface area contributed by atoms with Crippen LogP contribution in [-0.4, -0.2) is 45.5 Å². The molecule has 1 atom stereocenters. The highest BCUT2D eigenvalue weighted by atomic mass is 32.1. The van der Waals surface area contributed by atoms with E-state index in [1.807, 2.05) is 17.5 Å². The number of rotatable bonds is 7. The molecule has 11 heteroatoms. The van der Waals surface area contributed by atoms with E-state index in [1.54, 1.807) is 11.3 Å². The maximum absolute atomic E-state index is 12.9. The predicted octanol–water partition coefficient (Wildman–Crippen LogP) is 1.73. The third kappa shape index (κ3) is 4.68. The normalized spacial score (nSPS) is 18.6. The molecule has 2 N–H and O–H groups in total. The average Bonchev–Trinajstić information content (AvgIpc) is 3.27. The van der Waals surface area contributed by atoms with Gasteiger partial charge >= 0.3 is 0 Å². The van der Waals surface area contributed by atoms with E-state index in [-0.39, 0.29) is 29.8 Å². The summed E-state index contributed by atoms with van der Waals surface area (Å²) < 4.78 is 1.74. The minimum absolute atomic E-state index is 0.0620. The number of nitrogens with zero attached hydrogens (tertiary/aromatic N) is 4. The second kappa shape index (κ2) is 8.99. The Morgan fingerprint density at radius 2 is 2.12 bits per heavy atom. The van der Waals surface area contributed by atoms with Gasteiger partial charge in [0.25, 0.3) is 5.56 Å². The SMILES string of the molecule is O=C(Cn1cnc2nc(N3CCCC(C(=O)NC4CC4)C3)sc2c1=O)NCc1cccs1. The van der Waals surface area contributed by atoms with Crippen molar-refractivity contribution in [3.05, 3.63) is 39.1 Å². The van der Waals surface area contributed by atoms with Crippen molar-refractivity contribution in [1.82, 2.24) is 25.2 Å². The molecule has 3 aromatic heterocycles. The number of piperidine rings is 1. The number of aromatic nitrogens is 3. The number of carbonyl (C=O) groups is 2. The van der Waals surface area contributed by atoms with Gasteiger partial charge in [-0.2, -0.15) is 4.98 Å². The van der Waals surface area contributed by atoms with Gasteiger partial charge in [0.1, 0.15) is 17.6 Å². The molecule has 3 aromatic rings. The molecule has 168 valence electrons. The fraction of sp³-hybridized carbons (Fsp3) is 0.476. The number of fused-ring (bicyclic) bond motifs is 1. The van der Waals surface area contributed by atoms with Gasteiger partial charge in [0.2, 0.25) is 11.8 Å². The molecule has 4 heterocycles. The zero-order valence-electron chi connectivity index (χ0n) is 17.5. The molecule has 1 aliphatic carbocycles. The van der Waals surface area contributed by atoms with Crippen LogP contribution in [0.1, 0.15) is 30.6 Å². The highest BCUT2D eigenvalue weighted by Crippen LogP contribution is 2.30. The summed E-state index contributed by atoms with van der Waals surface area (Å²) in [6.45, 7) is 1.74. The van der Waals surface area contributed by atoms with Gasteiger partial charge in [0.05, 0.1) is 12.5 Å². The summed E-state index contributed by atoms with van der Waals surface area (Å²) in [6, 6.07) is 4.23. The number of hydrogen-bond donors (Lipinski definition) is 2. The van der Waals surface area contributed by atoms with Gasteiger partial charge in [-0.1, -0.05) is 17.4 Å². The van der Waals surface area contributed by atoms with Crippen LogP contribution in [0.3, 0.4) is 0 Å². The Morgan fingerprint density at radius 3 is 2.91 bits per heavy atom. The molecule has 5 rings (SSSR count). The molecule has 0 bridgehead atoms. The molecule has 0 radical (unpaired) electrons.